The molecule has 0 unspecified atom stereocenters. The number of hydrogen-bond acceptors (Lipinski definition) is 6. The zero-order valence-corrected chi connectivity index (χ0v) is 13.4. The fourth-order valence-electron chi connectivity index (χ4n) is 2.05. The van der Waals surface area contributed by atoms with Gasteiger partial charge in [-0.25, -0.2) is 4.98 Å². The van der Waals surface area contributed by atoms with Gasteiger partial charge in [-0.2, -0.15) is 4.98 Å². The summed E-state index contributed by atoms with van der Waals surface area (Å²) in [5.74, 6) is 0.809. The number of thiazole rings is 2. The average Bonchev–Trinajstić information content (AvgIpc) is 3.08. The van der Waals surface area contributed by atoms with E-state index in [0.717, 1.165) is 31.1 Å². The third kappa shape index (κ3) is 2.00. The minimum absolute atomic E-state index is 0.460. The van der Waals surface area contributed by atoms with E-state index in [1.54, 1.807) is 28.1 Å². The minimum Gasteiger partial charge on any atom is -0.430 e. The Morgan fingerprint density at radius 2 is 2.15 bits per heavy atom. The molecular formula is C13H7ClN2OS3. The summed E-state index contributed by atoms with van der Waals surface area (Å²) in [6.07, 6.45) is 0. The van der Waals surface area contributed by atoms with Crippen molar-refractivity contribution >= 4 is 65.9 Å². The van der Waals surface area contributed by atoms with Crippen molar-refractivity contribution in [3.8, 4) is 10.9 Å². The van der Waals surface area contributed by atoms with Crippen LogP contribution in [0.25, 0.3) is 20.3 Å². The molecule has 0 saturated heterocycles. The molecule has 20 heavy (non-hydrogen) atoms. The van der Waals surface area contributed by atoms with Crippen LogP contribution in [0.2, 0.25) is 5.15 Å². The van der Waals surface area contributed by atoms with Crippen LogP contribution in [0.4, 0.5) is 0 Å². The highest BCUT2D eigenvalue weighted by Gasteiger charge is 2.14. The minimum atomic E-state index is 0.460. The summed E-state index contributed by atoms with van der Waals surface area (Å²) in [5.41, 5.74) is 1.06. The molecule has 0 aliphatic rings. The van der Waals surface area contributed by atoms with Gasteiger partial charge in [0.05, 0.1) is 19.9 Å². The number of halogens is 1. The zero-order chi connectivity index (χ0) is 13.7. The summed E-state index contributed by atoms with van der Waals surface area (Å²) in [7, 11) is 0. The second kappa shape index (κ2) is 4.66. The van der Waals surface area contributed by atoms with Crippen molar-refractivity contribution in [2.45, 2.75) is 6.92 Å². The van der Waals surface area contributed by atoms with Gasteiger partial charge >= 0.3 is 0 Å². The number of benzene rings is 1. The van der Waals surface area contributed by atoms with Crippen molar-refractivity contribution in [1.82, 2.24) is 9.97 Å². The highest BCUT2D eigenvalue weighted by atomic mass is 35.5. The van der Waals surface area contributed by atoms with Crippen LogP contribution >= 0.6 is 45.6 Å². The van der Waals surface area contributed by atoms with Crippen LogP contribution in [-0.4, -0.2) is 9.97 Å². The van der Waals surface area contributed by atoms with Crippen molar-refractivity contribution in [2.75, 3.05) is 0 Å². The van der Waals surface area contributed by atoms with Crippen LogP contribution < -0.4 is 4.74 Å². The van der Waals surface area contributed by atoms with Crippen molar-refractivity contribution < 1.29 is 4.74 Å². The Kier molecular flexibility index (Phi) is 2.92. The Balaban J connectivity index is 1.94. The highest BCUT2D eigenvalue weighted by Crippen LogP contribution is 2.41. The maximum Gasteiger partial charge on any atom is 0.280 e. The van der Waals surface area contributed by atoms with Gasteiger partial charge in [0.25, 0.3) is 5.19 Å². The van der Waals surface area contributed by atoms with E-state index in [1.807, 2.05) is 13.0 Å². The van der Waals surface area contributed by atoms with E-state index in [-0.39, 0.29) is 0 Å². The molecule has 0 N–H and O–H groups in total. The zero-order valence-electron chi connectivity index (χ0n) is 10.2. The second-order valence-corrected chi connectivity index (χ2v) is 7.51. The first-order valence-corrected chi connectivity index (χ1v) is 8.72. The largest absolute Gasteiger partial charge is 0.430 e. The molecule has 0 spiro atoms. The Labute approximate surface area is 131 Å². The summed E-state index contributed by atoms with van der Waals surface area (Å²) < 4.78 is 8.19. The molecule has 4 rings (SSSR count). The molecule has 0 saturated carbocycles. The Hall–Kier alpha value is -1.21. The summed E-state index contributed by atoms with van der Waals surface area (Å²) in [6, 6.07) is 4.09. The number of fused-ring (bicyclic) bond motifs is 3. The summed E-state index contributed by atoms with van der Waals surface area (Å²) in [5, 5.41) is 6.96. The first-order chi connectivity index (χ1) is 9.70. The molecule has 0 fully saturated rings. The molecule has 3 heterocycles. The topological polar surface area (TPSA) is 35.0 Å². The Bertz CT molecular complexity index is 924. The van der Waals surface area contributed by atoms with Gasteiger partial charge in [-0.05, 0) is 18.4 Å². The maximum absolute atomic E-state index is 5.90. The lowest BCUT2D eigenvalue weighted by molar-refractivity contribution is 0.485. The fourth-order valence-corrected chi connectivity index (χ4v) is 4.68. The number of rotatable bonds is 2. The lowest BCUT2D eigenvalue weighted by Crippen LogP contribution is -1.84. The first-order valence-electron chi connectivity index (χ1n) is 5.77. The second-order valence-electron chi connectivity index (χ2n) is 4.16. The normalized spacial score (nSPS) is 11.5. The molecule has 0 radical (unpaired) electrons. The summed E-state index contributed by atoms with van der Waals surface area (Å²) in [6.45, 7) is 2.02. The van der Waals surface area contributed by atoms with Gasteiger partial charge in [-0.3, -0.25) is 0 Å². The molecule has 4 aromatic rings. The van der Waals surface area contributed by atoms with Crippen LogP contribution in [0.15, 0.2) is 22.9 Å². The summed E-state index contributed by atoms with van der Waals surface area (Å²) in [4.78, 5) is 8.74. The molecule has 0 amide bonds. The number of aromatic nitrogens is 2. The molecule has 0 bridgehead atoms. The molecule has 1 aromatic carbocycles. The monoisotopic (exact) mass is 338 g/mol. The van der Waals surface area contributed by atoms with Crippen molar-refractivity contribution in [3.05, 3.63) is 33.1 Å². The van der Waals surface area contributed by atoms with E-state index in [0.29, 0.717) is 10.3 Å². The van der Waals surface area contributed by atoms with Gasteiger partial charge in [0, 0.05) is 16.8 Å². The van der Waals surface area contributed by atoms with Crippen molar-refractivity contribution in [1.29, 1.82) is 0 Å². The predicted molar refractivity (Wildman–Crippen MR) is 86.9 cm³/mol. The molecule has 0 atom stereocenters. The number of thiophene rings is 1. The first kappa shape index (κ1) is 12.5. The molecule has 100 valence electrons. The molecule has 0 aliphatic carbocycles. The van der Waals surface area contributed by atoms with E-state index in [4.69, 9.17) is 16.3 Å². The molecule has 3 aromatic heterocycles. The molecule has 0 aliphatic heterocycles. The van der Waals surface area contributed by atoms with Gasteiger partial charge < -0.3 is 4.74 Å². The van der Waals surface area contributed by atoms with E-state index in [9.17, 15) is 0 Å². The Morgan fingerprint density at radius 3 is 2.95 bits per heavy atom. The fraction of sp³-hybridized carbons (Fsp3) is 0.0769. The third-order valence-electron chi connectivity index (χ3n) is 2.82. The number of hydrogen-bond donors (Lipinski definition) is 0. The molecule has 7 heteroatoms. The number of nitrogens with zero attached hydrogens (tertiary/aromatic N) is 2. The van der Waals surface area contributed by atoms with Gasteiger partial charge in [-0.15, -0.1) is 22.7 Å². The average molecular weight is 339 g/mol. The number of aryl methyl sites for hydroxylation is 1. The van der Waals surface area contributed by atoms with Crippen molar-refractivity contribution in [3.63, 3.8) is 0 Å². The van der Waals surface area contributed by atoms with Gasteiger partial charge in [0.1, 0.15) is 10.9 Å². The van der Waals surface area contributed by atoms with E-state index < -0.39 is 0 Å². The van der Waals surface area contributed by atoms with Crippen molar-refractivity contribution in [2.24, 2.45) is 0 Å². The van der Waals surface area contributed by atoms with Crippen LogP contribution in [0.3, 0.4) is 0 Å². The van der Waals surface area contributed by atoms with Crippen LogP contribution in [0, 0.1) is 6.92 Å². The summed E-state index contributed by atoms with van der Waals surface area (Å²) >= 11 is 10.6. The van der Waals surface area contributed by atoms with Gasteiger partial charge in [-0.1, -0.05) is 22.9 Å². The Morgan fingerprint density at radius 1 is 1.25 bits per heavy atom. The maximum atomic E-state index is 5.90. The molecular weight excluding hydrogens is 332 g/mol. The van der Waals surface area contributed by atoms with Crippen LogP contribution in [0.5, 0.6) is 10.9 Å². The van der Waals surface area contributed by atoms with E-state index in [1.165, 1.54) is 11.3 Å². The smallest absolute Gasteiger partial charge is 0.280 e. The quantitative estimate of drug-likeness (QED) is 0.468. The highest BCUT2D eigenvalue weighted by molar-refractivity contribution is 7.21. The van der Waals surface area contributed by atoms with E-state index >= 15 is 0 Å². The van der Waals surface area contributed by atoms with Gasteiger partial charge in [0.15, 0.2) is 0 Å². The van der Waals surface area contributed by atoms with Crippen LogP contribution in [-0.2, 0) is 0 Å². The predicted octanol–water partition coefficient (Wildman–Crippen LogP) is 5.72. The van der Waals surface area contributed by atoms with Crippen LogP contribution in [0.1, 0.15) is 5.01 Å². The number of ether oxygens (including phenoxy) is 1. The van der Waals surface area contributed by atoms with Gasteiger partial charge in [0.2, 0.25) is 0 Å². The lowest BCUT2D eigenvalue weighted by atomic mass is 10.2. The lowest BCUT2D eigenvalue weighted by Gasteiger charge is -2.03. The third-order valence-corrected chi connectivity index (χ3v) is 5.70. The standard InChI is InChI=1S/C13H7ClN2OS3/c1-6-15-11-9(20-6)4-8(7-2-3-18-12(7)11)17-13-16-10(14)5-19-13/h2-5H,1H3. The van der Waals surface area contributed by atoms with E-state index in [2.05, 4.69) is 21.4 Å². The molecule has 3 nitrogen and oxygen atoms in total. The SMILES string of the molecule is Cc1nc2c(cc(Oc3nc(Cl)cs3)c3ccsc32)s1.